The fourth-order valence-electron chi connectivity index (χ4n) is 3.77. The molecular weight excluding hydrogens is 415 g/mol. The molecule has 1 atom stereocenters. The van der Waals surface area contributed by atoms with E-state index in [1.165, 1.54) is 17.7 Å². The molecule has 150 valence electrons. The smallest absolute Gasteiger partial charge is 0.287 e. The lowest BCUT2D eigenvalue weighted by Crippen LogP contribution is -2.36. The molecule has 2 aromatic heterocycles. The summed E-state index contributed by atoms with van der Waals surface area (Å²) in [6.07, 6.45) is 2.44. The predicted molar refractivity (Wildman–Crippen MR) is 118 cm³/mol. The van der Waals surface area contributed by atoms with Gasteiger partial charge in [-0.3, -0.25) is 9.69 Å². The van der Waals surface area contributed by atoms with Gasteiger partial charge in [-0.2, -0.15) is 0 Å². The highest BCUT2D eigenvalue weighted by molar-refractivity contribution is 7.10. The van der Waals surface area contributed by atoms with E-state index in [1.54, 1.807) is 11.3 Å². The number of aryl methyl sites for hydroxylation is 2. The van der Waals surface area contributed by atoms with Crippen molar-refractivity contribution in [1.29, 1.82) is 0 Å². The van der Waals surface area contributed by atoms with Crippen molar-refractivity contribution in [1.82, 2.24) is 10.2 Å². The third-order valence-electron chi connectivity index (χ3n) is 5.33. The van der Waals surface area contributed by atoms with E-state index in [2.05, 4.69) is 27.7 Å². The monoisotopic (exact) mass is 438 g/mol. The van der Waals surface area contributed by atoms with Gasteiger partial charge in [-0.25, -0.2) is 0 Å². The Morgan fingerprint density at radius 2 is 2.07 bits per heavy atom. The number of carbonyl (C=O) groups is 1. The molecule has 0 saturated carbocycles. The van der Waals surface area contributed by atoms with Crippen LogP contribution >= 0.6 is 35.3 Å². The molecule has 7 heteroatoms. The van der Waals surface area contributed by atoms with E-state index < -0.39 is 0 Å². The van der Waals surface area contributed by atoms with Crippen molar-refractivity contribution >= 4 is 52.2 Å². The van der Waals surface area contributed by atoms with Crippen LogP contribution in [0.15, 0.2) is 34.1 Å². The van der Waals surface area contributed by atoms with Crippen LogP contribution in [0.2, 0.25) is 5.02 Å². The molecule has 1 fully saturated rings. The maximum absolute atomic E-state index is 12.8. The summed E-state index contributed by atoms with van der Waals surface area (Å²) in [5.41, 5.74) is 2.48. The van der Waals surface area contributed by atoms with E-state index in [0.29, 0.717) is 22.9 Å². The van der Waals surface area contributed by atoms with Crippen molar-refractivity contribution < 1.29 is 9.21 Å². The summed E-state index contributed by atoms with van der Waals surface area (Å²) in [5, 5.41) is 6.77. The minimum atomic E-state index is -0.168. The lowest BCUT2D eigenvalue weighted by atomic mass is 10.1. The summed E-state index contributed by atoms with van der Waals surface area (Å²) < 4.78 is 5.86. The number of halogens is 2. The van der Waals surface area contributed by atoms with Gasteiger partial charge in [0, 0.05) is 27.4 Å². The number of hydrogen-bond donors (Lipinski definition) is 1. The summed E-state index contributed by atoms with van der Waals surface area (Å²) in [6.45, 7) is 6.58. The van der Waals surface area contributed by atoms with Gasteiger partial charge >= 0.3 is 0 Å². The Hall–Kier alpha value is -1.53. The van der Waals surface area contributed by atoms with Crippen LogP contribution in [0, 0.1) is 13.8 Å². The van der Waals surface area contributed by atoms with Crippen LogP contribution in [-0.2, 0) is 0 Å². The van der Waals surface area contributed by atoms with Crippen molar-refractivity contribution in [3.63, 3.8) is 0 Å². The minimum absolute atomic E-state index is 0. The van der Waals surface area contributed by atoms with Crippen LogP contribution in [0.4, 0.5) is 0 Å². The first kappa shape index (κ1) is 21.2. The molecule has 1 saturated heterocycles. The number of furan rings is 1. The number of likely N-dealkylation sites (tertiary alicyclic amines) is 1. The molecule has 3 aromatic rings. The van der Waals surface area contributed by atoms with Crippen LogP contribution in [0.3, 0.4) is 0 Å². The first-order valence-corrected chi connectivity index (χ1v) is 10.5. The average Bonchev–Trinajstić information content (AvgIpc) is 3.39. The first-order valence-electron chi connectivity index (χ1n) is 9.29. The molecule has 1 aliphatic heterocycles. The van der Waals surface area contributed by atoms with Crippen LogP contribution in [-0.4, -0.2) is 30.4 Å². The van der Waals surface area contributed by atoms with E-state index in [-0.39, 0.29) is 24.4 Å². The molecule has 1 aliphatic rings. The second-order valence-electron chi connectivity index (χ2n) is 7.14. The fourth-order valence-corrected chi connectivity index (χ4v) is 4.80. The SMILES string of the molecule is Cc1cc2oc(C(=O)NCC(c3cccs3)N3CCCC3)c(C)c2cc1Cl.Cl. The van der Waals surface area contributed by atoms with Crippen molar-refractivity contribution in [2.24, 2.45) is 0 Å². The summed E-state index contributed by atoms with van der Waals surface area (Å²) in [5.74, 6) is 0.205. The Balaban J connectivity index is 0.00000225. The highest BCUT2D eigenvalue weighted by Gasteiger charge is 2.26. The second-order valence-corrected chi connectivity index (χ2v) is 8.52. The van der Waals surface area contributed by atoms with E-state index in [9.17, 15) is 4.79 Å². The van der Waals surface area contributed by atoms with E-state index in [1.807, 2.05) is 26.0 Å². The number of carbonyl (C=O) groups excluding carboxylic acids is 1. The van der Waals surface area contributed by atoms with Gasteiger partial charge in [0.15, 0.2) is 5.76 Å². The Morgan fingerprint density at radius 3 is 2.75 bits per heavy atom. The van der Waals surface area contributed by atoms with E-state index >= 15 is 0 Å². The molecule has 1 unspecified atom stereocenters. The van der Waals surface area contributed by atoms with Gasteiger partial charge < -0.3 is 9.73 Å². The number of amides is 1. The number of fused-ring (bicyclic) bond motifs is 1. The van der Waals surface area contributed by atoms with Crippen LogP contribution < -0.4 is 5.32 Å². The molecule has 4 nitrogen and oxygen atoms in total. The standard InChI is InChI=1S/C21H23ClN2O2S.ClH/c1-13-10-18-15(11-16(13)22)14(2)20(26-18)21(25)23-12-17(19-6-5-9-27-19)24-7-3-4-8-24;/h5-6,9-11,17H,3-4,7-8,12H2,1-2H3,(H,23,25);1H. The highest BCUT2D eigenvalue weighted by atomic mass is 35.5. The summed E-state index contributed by atoms with van der Waals surface area (Å²) in [7, 11) is 0. The number of hydrogen-bond acceptors (Lipinski definition) is 4. The Kier molecular flexibility index (Phi) is 6.71. The van der Waals surface area contributed by atoms with Gasteiger partial charge in [-0.05, 0) is 68.9 Å². The first-order chi connectivity index (χ1) is 13.0. The Labute approximate surface area is 180 Å². The zero-order valence-corrected chi connectivity index (χ0v) is 18.3. The zero-order chi connectivity index (χ0) is 19.0. The molecule has 28 heavy (non-hydrogen) atoms. The van der Waals surface area contributed by atoms with Crippen LogP contribution in [0.25, 0.3) is 11.0 Å². The molecule has 3 heterocycles. The van der Waals surface area contributed by atoms with Crippen molar-refractivity contribution in [3.05, 3.63) is 56.4 Å². The molecule has 0 radical (unpaired) electrons. The fraction of sp³-hybridized carbons (Fsp3) is 0.381. The van der Waals surface area contributed by atoms with Crippen LogP contribution in [0.1, 0.15) is 45.4 Å². The van der Waals surface area contributed by atoms with E-state index in [4.69, 9.17) is 16.0 Å². The maximum atomic E-state index is 12.8. The van der Waals surface area contributed by atoms with Gasteiger partial charge in [-0.1, -0.05) is 17.7 Å². The lowest BCUT2D eigenvalue weighted by molar-refractivity contribution is 0.0912. The summed E-state index contributed by atoms with van der Waals surface area (Å²) in [4.78, 5) is 16.6. The quantitative estimate of drug-likeness (QED) is 0.550. The predicted octanol–water partition coefficient (Wildman–Crippen LogP) is 5.75. The Morgan fingerprint density at radius 1 is 1.32 bits per heavy atom. The molecular formula is C21H24Cl2N2O2S. The van der Waals surface area contributed by atoms with E-state index in [0.717, 1.165) is 29.6 Å². The number of benzene rings is 1. The number of thiophene rings is 1. The third-order valence-corrected chi connectivity index (χ3v) is 6.71. The second kappa shape index (κ2) is 8.87. The lowest BCUT2D eigenvalue weighted by Gasteiger charge is -2.26. The normalized spacial score (nSPS) is 15.5. The van der Waals surface area contributed by atoms with Crippen molar-refractivity contribution in [2.45, 2.75) is 32.7 Å². The summed E-state index contributed by atoms with van der Waals surface area (Å²) >= 11 is 7.98. The van der Waals surface area contributed by atoms with Crippen molar-refractivity contribution in [3.8, 4) is 0 Å². The number of rotatable bonds is 5. The van der Waals surface area contributed by atoms with Gasteiger partial charge in [-0.15, -0.1) is 23.7 Å². The molecule has 0 aliphatic carbocycles. The largest absolute Gasteiger partial charge is 0.451 e. The average molecular weight is 439 g/mol. The number of nitrogens with zero attached hydrogens (tertiary/aromatic N) is 1. The minimum Gasteiger partial charge on any atom is -0.451 e. The van der Waals surface area contributed by atoms with Gasteiger partial charge in [0.2, 0.25) is 0 Å². The van der Waals surface area contributed by atoms with Gasteiger partial charge in [0.25, 0.3) is 5.91 Å². The zero-order valence-electron chi connectivity index (χ0n) is 16.0. The molecule has 1 N–H and O–H groups in total. The third kappa shape index (κ3) is 4.08. The van der Waals surface area contributed by atoms with Crippen molar-refractivity contribution in [2.75, 3.05) is 19.6 Å². The molecule has 4 rings (SSSR count). The number of nitrogens with one attached hydrogen (secondary N) is 1. The molecule has 1 aromatic carbocycles. The van der Waals surface area contributed by atoms with Crippen LogP contribution in [0.5, 0.6) is 0 Å². The summed E-state index contributed by atoms with van der Waals surface area (Å²) in [6, 6.07) is 8.20. The molecule has 0 spiro atoms. The van der Waals surface area contributed by atoms with Gasteiger partial charge in [0.05, 0.1) is 6.04 Å². The highest BCUT2D eigenvalue weighted by Crippen LogP contribution is 2.31. The molecule has 1 amide bonds. The molecule has 0 bridgehead atoms. The topological polar surface area (TPSA) is 45.5 Å². The van der Waals surface area contributed by atoms with Gasteiger partial charge in [0.1, 0.15) is 5.58 Å². The maximum Gasteiger partial charge on any atom is 0.287 e. The Bertz CT molecular complexity index is 963.